The second-order valence-corrected chi connectivity index (χ2v) is 6.03. The Balaban J connectivity index is 1.96. The molecule has 1 aromatic heterocycles. The summed E-state index contributed by atoms with van der Waals surface area (Å²) in [6.07, 6.45) is 1.49. The first kappa shape index (κ1) is 14.7. The van der Waals surface area contributed by atoms with Crippen LogP contribution in [-0.4, -0.2) is 16.1 Å². The van der Waals surface area contributed by atoms with E-state index in [1.165, 1.54) is 18.0 Å². The maximum atomic E-state index is 12.1. The molecule has 2 rings (SSSR count). The van der Waals surface area contributed by atoms with E-state index < -0.39 is 0 Å². The van der Waals surface area contributed by atoms with Gasteiger partial charge in [-0.2, -0.15) is 0 Å². The van der Waals surface area contributed by atoms with E-state index in [9.17, 15) is 4.79 Å². The van der Waals surface area contributed by atoms with Gasteiger partial charge in [0.2, 0.25) is 5.91 Å². The highest BCUT2D eigenvalue weighted by Crippen LogP contribution is 2.25. The van der Waals surface area contributed by atoms with Gasteiger partial charge in [0.1, 0.15) is 5.82 Å². The number of nitrogens with two attached hydrogens (primary N) is 1. The Morgan fingerprint density at radius 1 is 1.40 bits per heavy atom. The van der Waals surface area contributed by atoms with Gasteiger partial charge in [-0.1, -0.05) is 17.7 Å². The summed E-state index contributed by atoms with van der Waals surface area (Å²) < 4.78 is 0. The van der Waals surface area contributed by atoms with Crippen LogP contribution >= 0.6 is 23.4 Å². The molecular weight excluding hydrogens is 294 g/mol. The van der Waals surface area contributed by atoms with Crippen LogP contribution in [0.4, 0.5) is 11.5 Å². The van der Waals surface area contributed by atoms with Crippen molar-refractivity contribution in [1.29, 1.82) is 0 Å². The molecule has 0 bridgehead atoms. The zero-order valence-corrected chi connectivity index (χ0v) is 12.4. The minimum absolute atomic E-state index is 0.118. The standard InChI is InChI=1S/C14H14ClN3OS/c1-9(20-12-4-2-3-11(16)7-12)14(19)18-13-6-5-10(15)8-17-13/h2-9H,16H2,1H3,(H,17,18,19). The van der Waals surface area contributed by atoms with E-state index in [0.29, 0.717) is 16.5 Å². The van der Waals surface area contributed by atoms with E-state index >= 15 is 0 Å². The van der Waals surface area contributed by atoms with Crippen LogP contribution in [0.2, 0.25) is 5.02 Å². The molecule has 3 N–H and O–H groups in total. The van der Waals surface area contributed by atoms with Gasteiger partial charge in [-0.05, 0) is 37.3 Å². The van der Waals surface area contributed by atoms with Crippen molar-refractivity contribution >= 4 is 40.8 Å². The van der Waals surface area contributed by atoms with Crippen molar-refractivity contribution in [1.82, 2.24) is 4.98 Å². The molecular formula is C14H14ClN3OS. The Morgan fingerprint density at radius 2 is 2.20 bits per heavy atom. The summed E-state index contributed by atoms with van der Waals surface area (Å²) in [5.41, 5.74) is 6.39. The summed E-state index contributed by atoms with van der Waals surface area (Å²) in [5.74, 6) is 0.367. The summed E-state index contributed by atoms with van der Waals surface area (Å²) in [7, 11) is 0. The number of anilines is 2. The van der Waals surface area contributed by atoms with Crippen molar-refractivity contribution < 1.29 is 4.79 Å². The minimum atomic E-state index is -0.255. The summed E-state index contributed by atoms with van der Waals surface area (Å²) in [6, 6.07) is 10.8. The molecule has 0 spiro atoms. The largest absolute Gasteiger partial charge is 0.399 e. The van der Waals surface area contributed by atoms with Crippen molar-refractivity contribution in [3.05, 3.63) is 47.6 Å². The second-order valence-electron chi connectivity index (χ2n) is 4.18. The summed E-state index contributed by atoms with van der Waals surface area (Å²) in [5, 5.41) is 3.02. The fraction of sp³-hybridized carbons (Fsp3) is 0.143. The van der Waals surface area contributed by atoms with Gasteiger partial charge >= 0.3 is 0 Å². The normalized spacial score (nSPS) is 11.9. The van der Waals surface area contributed by atoms with Gasteiger partial charge < -0.3 is 11.1 Å². The van der Waals surface area contributed by atoms with Crippen molar-refractivity contribution in [2.45, 2.75) is 17.1 Å². The molecule has 6 heteroatoms. The number of amides is 1. The molecule has 0 aliphatic rings. The fourth-order valence-corrected chi connectivity index (χ4v) is 2.57. The average Bonchev–Trinajstić information content (AvgIpc) is 2.41. The number of benzene rings is 1. The predicted octanol–water partition coefficient (Wildman–Crippen LogP) is 3.44. The van der Waals surface area contributed by atoms with Crippen LogP contribution in [0, 0.1) is 0 Å². The zero-order chi connectivity index (χ0) is 14.5. The lowest BCUT2D eigenvalue weighted by atomic mass is 10.3. The average molecular weight is 308 g/mol. The summed E-state index contributed by atoms with van der Waals surface area (Å²) in [6.45, 7) is 1.83. The van der Waals surface area contributed by atoms with Gasteiger partial charge in [0.05, 0.1) is 10.3 Å². The maximum Gasteiger partial charge on any atom is 0.238 e. The number of aromatic nitrogens is 1. The first-order chi connectivity index (χ1) is 9.54. The molecule has 1 unspecified atom stereocenters. The molecule has 0 saturated carbocycles. The van der Waals surface area contributed by atoms with Crippen LogP contribution in [0.1, 0.15) is 6.92 Å². The van der Waals surface area contributed by atoms with Crippen LogP contribution in [0.25, 0.3) is 0 Å². The first-order valence-electron chi connectivity index (χ1n) is 5.99. The summed E-state index contributed by atoms with van der Waals surface area (Å²) in [4.78, 5) is 17.0. The Bertz CT molecular complexity index is 604. The molecule has 0 saturated heterocycles. The number of carbonyl (C=O) groups is 1. The zero-order valence-electron chi connectivity index (χ0n) is 10.8. The highest BCUT2D eigenvalue weighted by molar-refractivity contribution is 8.00. The monoisotopic (exact) mass is 307 g/mol. The van der Waals surface area contributed by atoms with Gasteiger partial charge in [-0.3, -0.25) is 4.79 Å². The van der Waals surface area contributed by atoms with Crippen LogP contribution in [0.5, 0.6) is 0 Å². The topological polar surface area (TPSA) is 68.0 Å². The van der Waals surface area contributed by atoms with E-state index in [-0.39, 0.29) is 11.2 Å². The van der Waals surface area contributed by atoms with E-state index in [0.717, 1.165) is 4.90 Å². The SMILES string of the molecule is CC(Sc1cccc(N)c1)C(=O)Nc1ccc(Cl)cn1. The van der Waals surface area contributed by atoms with E-state index in [1.54, 1.807) is 12.1 Å². The van der Waals surface area contributed by atoms with Crippen molar-refractivity contribution in [3.8, 4) is 0 Å². The van der Waals surface area contributed by atoms with Gasteiger partial charge in [0.25, 0.3) is 0 Å². The Kier molecular flexibility index (Phi) is 4.87. The number of hydrogen-bond donors (Lipinski definition) is 2. The van der Waals surface area contributed by atoms with Crippen molar-refractivity contribution in [2.75, 3.05) is 11.1 Å². The number of pyridine rings is 1. The van der Waals surface area contributed by atoms with Crippen LogP contribution < -0.4 is 11.1 Å². The molecule has 1 heterocycles. The number of thioether (sulfide) groups is 1. The maximum absolute atomic E-state index is 12.1. The third-order valence-electron chi connectivity index (χ3n) is 2.52. The molecule has 1 atom stereocenters. The second kappa shape index (κ2) is 6.63. The number of carbonyl (C=O) groups excluding carboxylic acids is 1. The van der Waals surface area contributed by atoms with Gasteiger partial charge in [-0.15, -0.1) is 11.8 Å². The molecule has 1 aromatic carbocycles. The van der Waals surface area contributed by atoms with Gasteiger partial charge in [0, 0.05) is 16.8 Å². The lowest BCUT2D eigenvalue weighted by molar-refractivity contribution is -0.115. The Hall–Kier alpha value is -1.72. The van der Waals surface area contributed by atoms with Crippen molar-refractivity contribution in [3.63, 3.8) is 0 Å². The number of nitrogens with zero attached hydrogens (tertiary/aromatic N) is 1. The van der Waals surface area contributed by atoms with E-state index in [1.807, 2.05) is 31.2 Å². The number of nitrogen functional groups attached to an aromatic ring is 1. The highest BCUT2D eigenvalue weighted by Gasteiger charge is 2.15. The third kappa shape index (κ3) is 4.15. The van der Waals surface area contributed by atoms with E-state index in [2.05, 4.69) is 10.3 Å². The quantitative estimate of drug-likeness (QED) is 0.670. The Morgan fingerprint density at radius 3 is 2.85 bits per heavy atom. The molecule has 1 amide bonds. The molecule has 4 nitrogen and oxygen atoms in total. The molecule has 0 fully saturated rings. The van der Waals surface area contributed by atoms with Crippen LogP contribution in [0.3, 0.4) is 0 Å². The number of hydrogen-bond acceptors (Lipinski definition) is 4. The summed E-state index contributed by atoms with van der Waals surface area (Å²) >= 11 is 7.18. The molecule has 0 aliphatic carbocycles. The smallest absolute Gasteiger partial charge is 0.238 e. The van der Waals surface area contributed by atoms with E-state index in [4.69, 9.17) is 17.3 Å². The lowest BCUT2D eigenvalue weighted by Crippen LogP contribution is -2.22. The first-order valence-corrected chi connectivity index (χ1v) is 7.25. The van der Waals surface area contributed by atoms with Gasteiger partial charge in [0.15, 0.2) is 0 Å². The number of halogens is 1. The Labute approximate surface area is 126 Å². The molecule has 2 aromatic rings. The lowest BCUT2D eigenvalue weighted by Gasteiger charge is -2.11. The fourth-order valence-electron chi connectivity index (χ4n) is 1.52. The molecule has 20 heavy (non-hydrogen) atoms. The van der Waals surface area contributed by atoms with Crippen LogP contribution in [-0.2, 0) is 4.79 Å². The van der Waals surface area contributed by atoms with Crippen molar-refractivity contribution in [2.24, 2.45) is 0 Å². The number of nitrogens with one attached hydrogen (secondary N) is 1. The predicted molar refractivity (Wildman–Crippen MR) is 84.1 cm³/mol. The minimum Gasteiger partial charge on any atom is -0.399 e. The van der Waals surface area contributed by atoms with Crippen LogP contribution in [0.15, 0.2) is 47.5 Å². The van der Waals surface area contributed by atoms with Gasteiger partial charge in [-0.25, -0.2) is 4.98 Å². The third-order valence-corrected chi connectivity index (χ3v) is 3.84. The highest BCUT2D eigenvalue weighted by atomic mass is 35.5. The molecule has 104 valence electrons. The number of rotatable bonds is 4. The molecule has 0 radical (unpaired) electrons. The molecule has 0 aliphatic heterocycles.